The number of hydrogen-bond acceptors (Lipinski definition) is 2. The van der Waals surface area contributed by atoms with Gasteiger partial charge in [0.15, 0.2) is 5.78 Å². The lowest BCUT2D eigenvalue weighted by Gasteiger charge is -2.10. The van der Waals surface area contributed by atoms with Gasteiger partial charge in [-0.3, -0.25) is 9.48 Å². The smallest absolute Gasteiger partial charge is 0.180 e. The van der Waals surface area contributed by atoms with Crippen LogP contribution in [0.15, 0.2) is 6.07 Å². The Bertz CT molecular complexity index is 314. The summed E-state index contributed by atoms with van der Waals surface area (Å²) in [5.74, 6) is 0.244. The van der Waals surface area contributed by atoms with Crippen LogP contribution in [0.5, 0.6) is 0 Å². The fraction of sp³-hybridized carbons (Fsp3) is 0.556. The van der Waals surface area contributed by atoms with Crippen LogP contribution >= 0.6 is 0 Å². The van der Waals surface area contributed by atoms with Crippen molar-refractivity contribution in [2.45, 2.75) is 32.7 Å². The molecule has 0 spiro atoms. The maximum Gasteiger partial charge on any atom is 0.180 e. The van der Waals surface area contributed by atoms with E-state index in [1.165, 1.54) is 0 Å². The molecule has 12 heavy (non-hydrogen) atoms. The first kappa shape index (κ1) is 7.53. The maximum atomic E-state index is 11.4. The molecule has 3 heteroatoms. The number of Topliss-reactive ketones (excluding diaryl/α,β-unsaturated/α-hetero) is 1. The normalized spacial score (nSPS) is 16.2. The number of aryl methyl sites for hydroxylation is 2. The van der Waals surface area contributed by atoms with Crippen LogP contribution in [0.4, 0.5) is 0 Å². The molecule has 1 aromatic rings. The molecule has 2 rings (SSSR count). The van der Waals surface area contributed by atoms with Crippen molar-refractivity contribution in [3.8, 4) is 0 Å². The number of carbonyl (C=O) groups is 1. The Hall–Kier alpha value is -1.12. The van der Waals surface area contributed by atoms with Crippen LogP contribution in [-0.4, -0.2) is 15.6 Å². The number of carbonyl (C=O) groups excluding carboxylic acids is 1. The third kappa shape index (κ3) is 1.05. The summed E-state index contributed by atoms with van der Waals surface area (Å²) in [4.78, 5) is 11.4. The maximum absolute atomic E-state index is 11.4. The van der Waals surface area contributed by atoms with Crippen LogP contribution in [0, 0.1) is 0 Å². The summed E-state index contributed by atoms with van der Waals surface area (Å²) in [6.07, 6.45) is 2.54. The second-order valence-corrected chi connectivity index (χ2v) is 3.12. The molecule has 0 N–H and O–H groups in total. The first-order valence-corrected chi connectivity index (χ1v) is 4.41. The molecule has 0 amide bonds. The molecular formula is C9H12N2O. The molecule has 1 aliphatic rings. The van der Waals surface area contributed by atoms with Gasteiger partial charge in [0.05, 0.1) is 5.69 Å². The summed E-state index contributed by atoms with van der Waals surface area (Å²) in [6, 6.07) is 1.92. The number of rotatable bonds is 1. The number of hydrogen-bond donors (Lipinski definition) is 0. The quantitative estimate of drug-likeness (QED) is 0.629. The van der Waals surface area contributed by atoms with E-state index in [4.69, 9.17) is 0 Å². The summed E-state index contributed by atoms with van der Waals surface area (Å²) in [6.45, 7) is 2.96. The van der Waals surface area contributed by atoms with Gasteiger partial charge in [0.25, 0.3) is 0 Å². The Balaban J connectivity index is 2.43. The Morgan fingerprint density at radius 1 is 1.67 bits per heavy atom. The van der Waals surface area contributed by atoms with Crippen molar-refractivity contribution < 1.29 is 4.79 Å². The second kappa shape index (κ2) is 2.73. The third-order valence-corrected chi connectivity index (χ3v) is 2.25. The van der Waals surface area contributed by atoms with Crippen LogP contribution in [0.2, 0.25) is 0 Å². The predicted molar refractivity (Wildman–Crippen MR) is 45.2 cm³/mol. The van der Waals surface area contributed by atoms with E-state index in [1.54, 1.807) is 0 Å². The van der Waals surface area contributed by atoms with Crippen molar-refractivity contribution in [1.29, 1.82) is 0 Å². The van der Waals surface area contributed by atoms with Crippen molar-refractivity contribution in [3.63, 3.8) is 0 Å². The largest absolute Gasteiger partial charge is 0.292 e. The number of aromatic nitrogens is 2. The number of fused-ring (bicyclic) bond motifs is 1. The fourth-order valence-electron chi connectivity index (χ4n) is 1.56. The zero-order valence-corrected chi connectivity index (χ0v) is 7.21. The number of ketones is 1. The minimum Gasteiger partial charge on any atom is -0.292 e. The standard InChI is InChI=1S/C9H12N2O/c1-2-7-6-8-9(12)4-3-5-11(8)10-7/h6H,2-5H2,1H3. The molecule has 3 nitrogen and oxygen atoms in total. The molecule has 0 saturated carbocycles. The van der Waals surface area contributed by atoms with E-state index in [0.717, 1.165) is 30.8 Å². The Labute approximate surface area is 71.4 Å². The number of nitrogens with zero attached hydrogens (tertiary/aromatic N) is 2. The zero-order valence-electron chi connectivity index (χ0n) is 7.21. The van der Waals surface area contributed by atoms with Crippen molar-refractivity contribution >= 4 is 5.78 Å². The van der Waals surface area contributed by atoms with Crippen LogP contribution in [0.25, 0.3) is 0 Å². The highest BCUT2D eigenvalue weighted by Gasteiger charge is 2.18. The molecule has 64 valence electrons. The topological polar surface area (TPSA) is 34.9 Å². The monoisotopic (exact) mass is 164 g/mol. The van der Waals surface area contributed by atoms with Crippen molar-refractivity contribution in [2.24, 2.45) is 0 Å². The van der Waals surface area contributed by atoms with E-state index in [1.807, 2.05) is 10.7 Å². The average molecular weight is 164 g/mol. The molecule has 0 fully saturated rings. The molecule has 0 unspecified atom stereocenters. The van der Waals surface area contributed by atoms with Crippen molar-refractivity contribution in [2.75, 3.05) is 0 Å². The van der Waals surface area contributed by atoms with Crippen molar-refractivity contribution in [3.05, 3.63) is 17.5 Å². The van der Waals surface area contributed by atoms with Crippen LogP contribution in [0.1, 0.15) is 35.9 Å². The minimum atomic E-state index is 0.244. The SMILES string of the molecule is CCc1cc2n(n1)CCCC2=O. The van der Waals surface area contributed by atoms with Gasteiger partial charge >= 0.3 is 0 Å². The summed E-state index contributed by atoms with van der Waals surface area (Å²) in [5.41, 5.74) is 1.83. The Morgan fingerprint density at radius 3 is 3.17 bits per heavy atom. The lowest BCUT2D eigenvalue weighted by molar-refractivity contribution is 0.0951. The molecular weight excluding hydrogens is 152 g/mol. The van der Waals surface area contributed by atoms with Gasteiger partial charge in [-0.15, -0.1) is 0 Å². The van der Waals surface area contributed by atoms with Gasteiger partial charge in [-0.2, -0.15) is 5.10 Å². The Kier molecular flexibility index (Phi) is 1.71. The first-order valence-electron chi connectivity index (χ1n) is 4.41. The predicted octanol–water partition coefficient (Wildman–Crippen LogP) is 1.42. The van der Waals surface area contributed by atoms with Gasteiger partial charge in [-0.05, 0) is 18.9 Å². The summed E-state index contributed by atoms with van der Waals surface area (Å²) >= 11 is 0. The summed E-state index contributed by atoms with van der Waals surface area (Å²) < 4.78 is 1.84. The second-order valence-electron chi connectivity index (χ2n) is 3.12. The summed E-state index contributed by atoms with van der Waals surface area (Å²) in [7, 11) is 0. The minimum absolute atomic E-state index is 0.244. The van der Waals surface area contributed by atoms with Gasteiger partial charge in [-0.1, -0.05) is 6.92 Å². The van der Waals surface area contributed by atoms with E-state index in [9.17, 15) is 4.79 Å². The lowest BCUT2D eigenvalue weighted by Crippen LogP contribution is -2.16. The molecule has 0 aliphatic carbocycles. The molecule has 0 radical (unpaired) electrons. The first-order chi connectivity index (χ1) is 5.81. The lowest BCUT2D eigenvalue weighted by atomic mass is 10.1. The average Bonchev–Trinajstić information content (AvgIpc) is 2.49. The fourth-order valence-corrected chi connectivity index (χ4v) is 1.56. The van der Waals surface area contributed by atoms with Gasteiger partial charge in [-0.25, -0.2) is 0 Å². The highest BCUT2D eigenvalue weighted by molar-refractivity contribution is 5.95. The molecule has 0 aromatic carbocycles. The summed E-state index contributed by atoms with van der Waals surface area (Å²) in [5, 5.41) is 4.32. The van der Waals surface area contributed by atoms with Crippen molar-refractivity contribution in [1.82, 2.24) is 9.78 Å². The van der Waals surface area contributed by atoms with E-state index in [-0.39, 0.29) is 5.78 Å². The molecule has 1 aliphatic heterocycles. The van der Waals surface area contributed by atoms with Gasteiger partial charge in [0.2, 0.25) is 0 Å². The zero-order chi connectivity index (χ0) is 8.55. The molecule has 0 bridgehead atoms. The van der Waals surface area contributed by atoms with E-state index >= 15 is 0 Å². The van der Waals surface area contributed by atoms with E-state index < -0.39 is 0 Å². The molecule has 1 aromatic heterocycles. The van der Waals surface area contributed by atoms with E-state index in [2.05, 4.69) is 12.0 Å². The van der Waals surface area contributed by atoms with Crippen LogP contribution < -0.4 is 0 Å². The van der Waals surface area contributed by atoms with Gasteiger partial charge in [0, 0.05) is 13.0 Å². The van der Waals surface area contributed by atoms with Gasteiger partial charge < -0.3 is 0 Å². The van der Waals surface area contributed by atoms with Gasteiger partial charge in [0.1, 0.15) is 5.69 Å². The Morgan fingerprint density at radius 2 is 2.50 bits per heavy atom. The van der Waals surface area contributed by atoms with Crippen LogP contribution in [0.3, 0.4) is 0 Å². The molecule has 2 heterocycles. The highest BCUT2D eigenvalue weighted by atomic mass is 16.1. The molecule has 0 atom stereocenters. The van der Waals surface area contributed by atoms with Crippen LogP contribution in [-0.2, 0) is 13.0 Å². The molecule has 0 saturated heterocycles. The third-order valence-electron chi connectivity index (χ3n) is 2.25. The van der Waals surface area contributed by atoms with E-state index in [0.29, 0.717) is 6.42 Å². The highest BCUT2D eigenvalue weighted by Crippen LogP contribution is 2.15.